The van der Waals surface area contributed by atoms with E-state index < -0.39 is 43.2 Å². The summed E-state index contributed by atoms with van der Waals surface area (Å²) in [7, 11) is 0. The largest absolute Gasteiger partial charge is 0.482 e. The maximum Gasteiger partial charge on any atom is 0.422 e. The number of carbonyl (C=O) groups excluding carboxylic acids is 1. The van der Waals surface area contributed by atoms with E-state index in [1.807, 2.05) is 0 Å². The predicted octanol–water partition coefficient (Wildman–Crippen LogP) is 3.22. The van der Waals surface area contributed by atoms with Crippen LogP contribution in [0, 0.1) is 12.8 Å². The zero-order valence-electron chi connectivity index (χ0n) is 17.2. The van der Waals surface area contributed by atoms with E-state index >= 15 is 0 Å². The van der Waals surface area contributed by atoms with Gasteiger partial charge in [0.1, 0.15) is 17.0 Å². The Hall–Kier alpha value is -2.99. The normalized spacial score (nSPS) is 19.8. The highest BCUT2D eigenvalue weighted by Crippen LogP contribution is 2.45. The number of halogens is 5. The maximum absolute atomic E-state index is 13.3. The lowest BCUT2D eigenvalue weighted by Gasteiger charge is -2.40. The Bertz CT molecular complexity index is 1020. The van der Waals surface area contributed by atoms with E-state index in [1.165, 1.54) is 0 Å². The van der Waals surface area contributed by atoms with E-state index in [0.29, 0.717) is 5.89 Å². The molecule has 32 heavy (non-hydrogen) atoms. The van der Waals surface area contributed by atoms with Crippen molar-refractivity contribution in [3.63, 3.8) is 0 Å². The Balaban J connectivity index is 1.58. The molecule has 1 atom stereocenters. The molecule has 13 heteroatoms. The second kappa shape index (κ2) is 7.55. The Morgan fingerprint density at radius 3 is 2.56 bits per heavy atom. The van der Waals surface area contributed by atoms with Crippen molar-refractivity contribution in [2.45, 2.75) is 44.3 Å². The molecule has 2 aliphatic rings. The summed E-state index contributed by atoms with van der Waals surface area (Å²) in [4.78, 5) is 22.2. The van der Waals surface area contributed by atoms with Crippen LogP contribution in [0.25, 0.3) is 0 Å². The number of nitrogens with one attached hydrogen (secondary N) is 1. The number of carbonyl (C=O) groups is 1. The van der Waals surface area contributed by atoms with Gasteiger partial charge >= 0.3 is 6.18 Å². The lowest BCUT2D eigenvalue weighted by Crippen LogP contribution is -2.56. The zero-order valence-corrected chi connectivity index (χ0v) is 17.2. The maximum atomic E-state index is 13.3. The summed E-state index contributed by atoms with van der Waals surface area (Å²) >= 11 is 0. The molecule has 1 aliphatic heterocycles. The van der Waals surface area contributed by atoms with Crippen molar-refractivity contribution < 1.29 is 36.0 Å². The second-order valence-electron chi connectivity index (χ2n) is 8.22. The van der Waals surface area contributed by atoms with Crippen molar-refractivity contribution in [3.05, 3.63) is 29.7 Å². The third-order valence-corrected chi connectivity index (χ3v) is 5.41. The van der Waals surface area contributed by atoms with Crippen molar-refractivity contribution in [1.29, 1.82) is 0 Å². The molecule has 4 rings (SSSR count). The van der Waals surface area contributed by atoms with Crippen LogP contribution >= 0.6 is 0 Å². The number of nitrogens with zero attached hydrogens (tertiary/aromatic N) is 4. The first-order chi connectivity index (χ1) is 14.9. The summed E-state index contributed by atoms with van der Waals surface area (Å²) in [5.74, 6) is -3.36. The fourth-order valence-corrected chi connectivity index (χ4v) is 3.56. The number of amides is 1. The van der Waals surface area contributed by atoms with Gasteiger partial charge in [-0.1, -0.05) is 5.16 Å². The van der Waals surface area contributed by atoms with Crippen LogP contribution in [0.1, 0.15) is 42.0 Å². The van der Waals surface area contributed by atoms with Crippen LogP contribution in [0.5, 0.6) is 5.75 Å². The summed E-state index contributed by atoms with van der Waals surface area (Å²) in [6.45, 7) is 0.330. The molecule has 0 unspecified atom stereocenters. The molecule has 0 radical (unpaired) electrons. The second-order valence-corrected chi connectivity index (χ2v) is 8.22. The van der Waals surface area contributed by atoms with Crippen molar-refractivity contribution in [3.8, 4) is 5.75 Å². The molecule has 0 bridgehead atoms. The molecule has 3 heterocycles. The van der Waals surface area contributed by atoms with Crippen LogP contribution in [0.3, 0.4) is 0 Å². The molecule has 8 nitrogen and oxygen atoms in total. The topological polar surface area (TPSA) is 93.4 Å². The molecule has 1 N–H and O–H groups in total. The molecule has 1 aliphatic carbocycles. The third kappa shape index (κ3) is 4.60. The van der Waals surface area contributed by atoms with Crippen LogP contribution in [0.4, 0.5) is 27.6 Å². The summed E-state index contributed by atoms with van der Waals surface area (Å²) in [5, 5.41) is 6.68. The van der Waals surface area contributed by atoms with Crippen molar-refractivity contribution in [1.82, 2.24) is 20.4 Å². The minimum Gasteiger partial charge on any atom is -0.482 e. The van der Waals surface area contributed by atoms with E-state index in [0.717, 1.165) is 30.0 Å². The predicted molar refractivity (Wildman–Crippen MR) is 99.5 cm³/mol. The zero-order chi connectivity index (χ0) is 23.3. The highest BCUT2D eigenvalue weighted by Gasteiger charge is 2.48. The number of aryl methyl sites for hydroxylation is 1. The molecule has 2 aromatic rings. The lowest BCUT2D eigenvalue weighted by molar-refractivity contribution is -0.153. The Kier molecular flexibility index (Phi) is 5.24. The summed E-state index contributed by atoms with van der Waals surface area (Å²) in [5.41, 5.74) is -1.25. The molecule has 174 valence electrons. The first-order valence-electron chi connectivity index (χ1n) is 9.82. The third-order valence-electron chi connectivity index (χ3n) is 5.41. The number of pyridine rings is 1. The monoisotopic (exact) mass is 461 g/mol. The number of rotatable bonds is 7. The average molecular weight is 461 g/mol. The number of ether oxygens (including phenoxy) is 1. The summed E-state index contributed by atoms with van der Waals surface area (Å²) in [6.07, 6.45) is -1.95. The fourth-order valence-electron chi connectivity index (χ4n) is 3.56. The van der Waals surface area contributed by atoms with Crippen molar-refractivity contribution in [2.24, 2.45) is 5.92 Å². The van der Waals surface area contributed by atoms with Gasteiger partial charge in [0.2, 0.25) is 5.89 Å². The van der Waals surface area contributed by atoms with E-state index in [9.17, 15) is 26.7 Å². The SMILES string of the molecule is Cc1nc([C@](C)(NC(=O)c2cc(OCC(F)(F)F)c(N3CC(F)(F)C3)cn2)C2CC2)no1. The molecule has 0 aromatic carbocycles. The Morgan fingerprint density at radius 1 is 1.34 bits per heavy atom. The van der Waals surface area contributed by atoms with Crippen LogP contribution in [0.2, 0.25) is 0 Å². The minimum atomic E-state index is -4.65. The molecular formula is C19H20F5N5O3. The number of hydrogen-bond acceptors (Lipinski definition) is 7. The molecule has 0 spiro atoms. The number of hydrogen-bond donors (Lipinski definition) is 1. The van der Waals surface area contributed by atoms with Gasteiger partial charge in [0.25, 0.3) is 11.8 Å². The average Bonchev–Trinajstić information content (AvgIpc) is 3.45. The van der Waals surface area contributed by atoms with E-state index in [-0.39, 0.29) is 28.9 Å². The van der Waals surface area contributed by atoms with Gasteiger partial charge in [-0.15, -0.1) is 0 Å². The molecule has 1 saturated carbocycles. The fraction of sp³-hybridized carbons (Fsp3) is 0.579. The van der Waals surface area contributed by atoms with Gasteiger partial charge in [-0.2, -0.15) is 18.2 Å². The smallest absolute Gasteiger partial charge is 0.422 e. The molecule has 2 fully saturated rings. The van der Waals surface area contributed by atoms with Crippen LogP contribution in [0.15, 0.2) is 16.8 Å². The van der Waals surface area contributed by atoms with Crippen molar-refractivity contribution in [2.75, 3.05) is 24.6 Å². The van der Waals surface area contributed by atoms with Gasteiger partial charge in [-0.3, -0.25) is 4.79 Å². The first-order valence-corrected chi connectivity index (χ1v) is 9.82. The molecular weight excluding hydrogens is 441 g/mol. The first kappa shape index (κ1) is 22.2. The highest BCUT2D eigenvalue weighted by molar-refractivity contribution is 5.93. The minimum absolute atomic E-state index is 0.0459. The van der Waals surface area contributed by atoms with E-state index in [2.05, 4.69) is 20.4 Å². The van der Waals surface area contributed by atoms with Gasteiger partial charge in [0.05, 0.1) is 25.0 Å². The van der Waals surface area contributed by atoms with E-state index in [1.54, 1.807) is 13.8 Å². The van der Waals surface area contributed by atoms with Gasteiger partial charge in [0.15, 0.2) is 12.4 Å². The van der Waals surface area contributed by atoms with Crippen molar-refractivity contribution >= 4 is 11.6 Å². The quantitative estimate of drug-likeness (QED) is 0.633. The number of alkyl halides is 5. The highest BCUT2D eigenvalue weighted by atomic mass is 19.4. The lowest BCUT2D eigenvalue weighted by atomic mass is 9.94. The van der Waals surface area contributed by atoms with E-state index in [4.69, 9.17) is 9.26 Å². The Labute approximate surface area is 179 Å². The summed E-state index contributed by atoms with van der Waals surface area (Å²) < 4.78 is 74.4. The standard InChI is InChI=1S/C19H20F5N5O3/c1-10-26-16(28-32-10)17(2,11-3-4-11)27-15(30)12-5-14(31-9-19(22,23)24)13(6-25-12)29-7-18(20,21)8-29/h5-6,11H,3-4,7-9H2,1-2H3,(H,27,30)/t17-/m1/s1. The van der Waals surface area contributed by atoms with Gasteiger partial charge < -0.3 is 19.5 Å². The van der Waals surface area contributed by atoms with Crippen LogP contribution in [-0.2, 0) is 5.54 Å². The van der Waals surface area contributed by atoms with Gasteiger partial charge in [0, 0.05) is 13.0 Å². The van der Waals surface area contributed by atoms with Crippen LogP contribution < -0.4 is 15.0 Å². The van der Waals surface area contributed by atoms with Gasteiger partial charge in [-0.05, 0) is 25.7 Å². The number of anilines is 1. The number of aromatic nitrogens is 3. The van der Waals surface area contributed by atoms with Crippen LogP contribution in [-0.4, -0.2) is 52.8 Å². The summed E-state index contributed by atoms with van der Waals surface area (Å²) in [6, 6.07) is 1.02. The molecule has 2 aromatic heterocycles. The molecule has 1 saturated heterocycles. The van der Waals surface area contributed by atoms with Gasteiger partial charge in [-0.25, -0.2) is 13.8 Å². The molecule has 1 amide bonds. The Morgan fingerprint density at radius 2 is 2.03 bits per heavy atom.